The molecule has 5 rings (SSSR count). The molecule has 2 N–H and O–H groups in total. The van der Waals surface area contributed by atoms with E-state index < -0.39 is 0 Å². The maximum Gasteiger partial charge on any atom is 0.271 e. The Hall–Kier alpha value is -4.86. The highest BCUT2D eigenvalue weighted by Gasteiger charge is 2.11. The fraction of sp³-hybridized carbons (Fsp3) is 0.0833. The fourth-order valence-corrected chi connectivity index (χ4v) is 3.32. The van der Waals surface area contributed by atoms with Crippen LogP contribution in [-0.2, 0) is 6.54 Å². The van der Waals surface area contributed by atoms with Crippen molar-refractivity contribution in [2.24, 2.45) is 5.10 Å². The van der Waals surface area contributed by atoms with Crippen molar-refractivity contribution in [3.05, 3.63) is 95.4 Å². The van der Waals surface area contributed by atoms with Crippen LogP contribution in [0.4, 0.5) is 0 Å². The van der Waals surface area contributed by atoms with Gasteiger partial charge in [0.05, 0.1) is 19.0 Å². The average Bonchev–Trinajstić information content (AvgIpc) is 3.61. The molecule has 0 spiro atoms. The van der Waals surface area contributed by atoms with E-state index >= 15 is 0 Å². The zero-order chi connectivity index (χ0) is 23.3. The van der Waals surface area contributed by atoms with Crippen molar-refractivity contribution in [1.82, 2.24) is 35.8 Å². The summed E-state index contributed by atoms with van der Waals surface area (Å²) in [5, 5.41) is 23.6. The van der Waals surface area contributed by atoms with Crippen LogP contribution >= 0.6 is 0 Å². The Morgan fingerprint density at radius 3 is 2.71 bits per heavy atom. The molecule has 0 atom stereocenters. The molecule has 34 heavy (non-hydrogen) atoms. The van der Waals surface area contributed by atoms with E-state index in [4.69, 9.17) is 4.42 Å². The molecule has 0 fully saturated rings. The summed E-state index contributed by atoms with van der Waals surface area (Å²) in [5.74, 6) is 1.68. The highest BCUT2D eigenvalue weighted by molar-refractivity contribution is 5.95. The number of amides is 1. The highest BCUT2D eigenvalue weighted by Crippen LogP contribution is 2.22. The number of H-pyrrole nitrogens is 1. The summed E-state index contributed by atoms with van der Waals surface area (Å²) in [6, 6.07) is 20.5. The number of furan rings is 1. The Morgan fingerprint density at radius 1 is 1.12 bits per heavy atom. The van der Waals surface area contributed by atoms with E-state index in [1.165, 1.54) is 11.0 Å². The summed E-state index contributed by atoms with van der Waals surface area (Å²) >= 11 is 0. The maximum atomic E-state index is 12.5. The molecule has 0 unspecified atom stereocenters. The summed E-state index contributed by atoms with van der Waals surface area (Å²) in [4.78, 5) is 14.0. The summed E-state index contributed by atoms with van der Waals surface area (Å²) in [5.41, 5.74) is 6.24. The van der Waals surface area contributed by atoms with Gasteiger partial charge >= 0.3 is 0 Å². The molecule has 0 aliphatic carbocycles. The molecule has 10 nitrogen and oxygen atoms in total. The Balaban J connectivity index is 1.20. The Kier molecular flexibility index (Phi) is 5.76. The fourth-order valence-electron chi connectivity index (χ4n) is 3.32. The third-order valence-corrected chi connectivity index (χ3v) is 5.05. The summed E-state index contributed by atoms with van der Waals surface area (Å²) in [6.45, 7) is 2.30. The Bertz CT molecular complexity index is 1430. The summed E-state index contributed by atoms with van der Waals surface area (Å²) < 4.78 is 5.61. The number of hydrogen-bond donors (Lipinski definition) is 2. The van der Waals surface area contributed by atoms with Gasteiger partial charge < -0.3 is 4.42 Å². The third-order valence-electron chi connectivity index (χ3n) is 5.05. The van der Waals surface area contributed by atoms with Crippen LogP contribution in [0.25, 0.3) is 22.8 Å². The van der Waals surface area contributed by atoms with E-state index in [-0.39, 0.29) is 5.91 Å². The second-order valence-electron chi connectivity index (χ2n) is 7.52. The lowest BCUT2D eigenvalue weighted by molar-refractivity contribution is 0.0955. The second-order valence-corrected chi connectivity index (χ2v) is 7.52. The third kappa shape index (κ3) is 4.65. The lowest BCUT2D eigenvalue weighted by atomic mass is 10.1. The number of carbonyl (C=O) groups is 1. The average molecular weight is 452 g/mol. The second kappa shape index (κ2) is 9.33. The maximum absolute atomic E-state index is 12.5. The van der Waals surface area contributed by atoms with Gasteiger partial charge in [-0.2, -0.15) is 15.0 Å². The van der Waals surface area contributed by atoms with Crippen LogP contribution in [0, 0.1) is 6.92 Å². The van der Waals surface area contributed by atoms with E-state index in [0.29, 0.717) is 35.0 Å². The standard InChI is InChI=1S/C24H20N8O2/c1-16-7-12-21(34-16)22-20(13-25-27-22)14-26-29-24(33)19-10-8-17(9-11-19)15-32-30-23(28-31-32)18-5-3-2-4-6-18/h2-14H,15H2,1H3,(H,25,27)(H,29,33)/b26-14+. The number of nitrogens with zero attached hydrogens (tertiary/aromatic N) is 6. The van der Waals surface area contributed by atoms with E-state index in [1.807, 2.05) is 61.5 Å². The predicted molar refractivity (Wildman–Crippen MR) is 125 cm³/mol. The molecule has 3 aromatic heterocycles. The van der Waals surface area contributed by atoms with Gasteiger partial charge in [-0.15, -0.1) is 10.2 Å². The van der Waals surface area contributed by atoms with Crippen LogP contribution < -0.4 is 5.43 Å². The van der Waals surface area contributed by atoms with Crippen molar-refractivity contribution in [2.45, 2.75) is 13.5 Å². The normalized spacial score (nSPS) is 11.2. The van der Waals surface area contributed by atoms with Crippen molar-refractivity contribution in [1.29, 1.82) is 0 Å². The molecule has 0 saturated carbocycles. The largest absolute Gasteiger partial charge is 0.460 e. The lowest BCUT2D eigenvalue weighted by Gasteiger charge is -2.03. The van der Waals surface area contributed by atoms with Crippen LogP contribution in [0.1, 0.15) is 27.2 Å². The van der Waals surface area contributed by atoms with Gasteiger partial charge in [0.2, 0.25) is 5.82 Å². The van der Waals surface area contributed by atoms with Crippen LogP contribution in [0.3, 0.4) is 0 Å². The highest BCUT2D eigenvalue weighted by atomic mass is 16.3. The molecular weight excluding hydrogens is 432 g/mol. The van der Waals surface area contributed by atoms with Crippen LogP contribution in [0.2, 0.25) is 0 Å². The summed E-state index contributed by atoms with van der Waals surface area (Å²) in [7, 11) is 0. The quantitative estimate of drug-likeness (QED) is 0.288. The molecule has 0 radical (unpaired) electrons. The van der Waals surface area contributed by atoms with Gasteiger partial charge in [-0.3, -0.25) is 9.89 Å². The molecule has 3 heterocycles. The number of aromatic amines is 1. The van der Waals surface area contributed by atoms with Crippen molar-refractivity contribution >= 4 is 12.1 Å². The van der Waals surface area contributed by atoms with Crippen molar-refractivity contribution in [3.63, 3.8) is 0 Å². The molecule has 0 aliphatic rings. The molecule has 0 saturated heterocycles. The first kappa shape index (κ1) is 21.0. The lowest BCUT2D eigenvalue weighted by Crippen LogP contribution is -2.17. The van der Waals surface area contributed by atoms with Crippen molar-refractivity contribution < 1.29 is 9.21 Å². The number of rotatable bonds is 7. The van der Waals surface area contributed by atoms with Crippen LogP contribution in [-0.4, -0.2) is 42.5 Å². The topological polar surface area (TPSA) is 127 Å². The predicted octanol–water partition coefficient (Wildman–Crippen LogP) is 3.44. The minimum atomic E-state index is -0.327. The van der Waals surface area contributed by atoms with Gasteiger partial charge in [-0.1, -0.05) is 42.5 Å². The van der Waals surface area contributed by atoms with E-state index in [2.05, 4.69) is 36.1 Å². The number of hydrogen-bond acceptors (Lipinski definition) is 7. The number of benzene rings is 2. The van der Waals surface area contributed by atoms with Gasteiger partial charge in [0.1, 0.15) is 11.5 Å². The van der Waals surface area contributed by atoms with Gasteiger partial charge in [0, 0.05) is 16.7 Å². The number of nitrogens with one attached hydrogen (secondary N) is 2. The SMILES string of the molecule is Cc1ccc(-c2[nH]ncc2/C=N/NC(=O)c2ccc(Cn3nnc(-c4ccccc4)n3)cc2)o1. The first-order chi connectivity index (χ1) is 16.7. The van der Waals surface area contributed by atoms with Gasteiger partial charge in [0.15, 0.2) is 5.76 Å². The first-order valence-electron chi connectivity index (χ1n) is 10.5. The Morgan fingerprint density at radius 2 is 1.94 bits per heavy atom. The number of carbonyl (C=O) groups excluding carboxylic acids is 1. The number of aryl methyl sites for hydroxylation is 1. The Labute approximate surface area is 194 Å². The first-order valence-corrected chi connectivity index (χ1v) is 10.5. The molecule has 168 valence electrons. The molecule has 0 bridgehead atoms. The number of tetrazole rings is 1. The minimum Gasteiger partial charge on any atom is -0.460 e. The molecule has 2 aromatic carbocycles. The molecular formula is C24H20N8O2. The molecule has 1 amide bonds. The van der Waals surface area contributed by atoms with Crippen LogP contribution in [0.5, 0.6) is 0 Å². The monoisotopic (exact) mass is 452 g/mol. The van der Waals surface area contributed by atoms with Crippen molar-refractivity contribution in [3.8, 4) is 22.8 Å². The minimum absolute atomic E-state index is 0.327. The van der Waals surface area contributed by atoms with E-state index in [0.717, 1.165) is 16.9 Å². The smallest absolute Gasteiger partial charge is 0.271 e. The van der Waals surface area contributed by atoms with E-state index in [1.54, 1.807) is 18.3 Å². The zero-order valence-corrected chi connectivity index (χ0v) is 18.2. The van der Waals surface area contributed by atoms with Gasteiger partial charge in [0.25, 0.3) is 5.91 Å². The van der Waals surface area contributed by atoms with Gasteiger partial charge in [-0.05, 0) is 42.0 Å². The number of aromatic nitrogens is 6. The number of hydrazone groups is 1. The van der Waals surface area contributed by atoms with Gasteiger partial charge in [-0.25, -0.2) is 5.43 Å². The zero-order valence-electron chi connectivity index (χ0n) is 18.2. The van der Waals surface area contributed by atoms with Crippen molar-refractivity contribution in [2.75, 3.05) is 0 Å². The molecule has 10 heteroatoms. The summed E-state index contributed by atoms with van der Waals surface area (Å²) in [6.07, 6.45) is 3.13. The van der Waals surface area contributed by atoms with Crippen LogP contribution in [0.15, 0.2) is 82.4 Å². The molecule has 5 aromatic rings. The van der Waals surface area contributed by atoms with E-state index in [9.17, 15) is 4.79 Å². The molecule has 0 aliphatic heterocycles.